The van der Waals surface area contributed by atoms with Gasteiger partial charge in [0.2, 0.25) is 0 Å². The van der Waals surface area contributed by atoms with Crippen LogP contribution in [0.2, 0.25) is 0 Å². The molecule has 2 aromatic rings. The predicted octanol–water partition coefficient (Wildman–Crippen LogP) is 3.70. The van der Waals surface area contributed by atoms with Gasteiger partial charge in [-0.3, -0.25) is 4.55 Å². The Morgan fingerprint density at radius 2 is 1.78 bits per heavy atom. The second kappa shape index (κ2) is 8.10. The third kappa shape index (κ3) is 4.58. The molecule has 0 amide bonds. The second-order valence-electron chi connectivity index (χ2n) is 7.44. The minimum atomic E-state index is -4.47. The number of rotatable bonds is 7. The van der Waals surface area contributed by atoms with E-state index in [9.17, 15) is 18.1 Å². The van der Waals surface area contributed by atoms with Crippen molar-refractivity contribution in [2.24, 2.45) is 5.92 Å². The van der Waals surface area contributed by atoms with Gasteiger partial charge in [0, 0.05) is 18.0 Å². The van der Waals surface area contributed by atoms with Crippen molar-refractivity contribution in [3.05, 3.63) is 53.6 Å². The highest BCUT2D eigenvalue weighted by molar-refractivity contribution is 7.85. The van der Waals surface area contributed by atoms with Gasteiger partial charge < -0.3 is 10.0 Å². The third-order valence-corrected chi connectivity index (χ3v) is 6.09. The summed E-state index contributed by atoms with van der Waals surface area (Å²) in [4.78, 5) is 1.71. The number of aryl methyl sites for hydroxylation is 1. The summed E-state index contributed by atoms with van der Waals surface area (Å²) in [6.07, 6.45) is 0.321. The van der Waals surface area contributed by atoms with Crippen LogP contribution in [0.25, 0.3) is 11.1 Å². The summed E-state index contributed by atoms with van der Waals surface area (Å²) in [7, 11) is -0.666. The van der Waals surface area contributed by atoms with Crippen LogP contribution in [0.15, 0.2) is 47.4 Å². The van der Waals surface area contributed by atoms with Crippen molar-refractivity contribution in [3.63, 3.8) is 0 Å². The molecule has 5 nitrogen and oxygen atoms in total. The highest BCUT2D eigenvalue weighted by atomic mass is 32.2. The van der Waals surface area contributed by atoms with E-state index < -0.39 is 15.7 Å². The fraction of sp³-hybridized carbons (Fsp3) is 0.429. The summed E-state index contributed by atoms with van der Waals surface area (Å²) in [6, 6.07) is 12.5. The first kappa shape index (κ1) is 21.6. The van der Waals surface area contributed by atoms with Gasteiger partial charge in [-0.05, 0) is 56.3 Å². The highest BCUT2D eigenvalue weighted by Crippen LogP contribution is 2.39. The SMILES string of the molecule is CCC(O)(c1cc(-c2ccccc2C)ccc1S(=O)(=O)O)C(C)CN(C)C. The molecule has 0 aliphatic heterocycles. The molecule has 0 saturated carbocycles. The summed E-state index contributed by atoms with van der Waals surface area (Å²) in [5.74, 6) is -0.245. The minimum absolute atomic E-state index is 0.239. The van der Waals surface area contributed by atoms with Crippen LogP contribution in [0, 0.1) is 12.8 Å². The second-order valence-corrected chi connectivity index (χ2v) is 8.83. The van der Waals surface area contributed by atoms with Crippen LogP contribution in [0.4, 0.5) is 0 Å². The summed E-state index contributed by atoms with van der Waals surface area (Å²) in [6.45, 7) is 6.26. The van der Waals surface area contributed by atoms with Crippen molar-refractivity contribution >= 4 is 10.1 Å². The van der Waals surface area contributed by atoms with Crippen LogP contribution in [0.3, 0.4) is 0 Å². The molecule has 2 unspecified atom stereocenters. The van der Waals surface area contributed by atoms with Gasteiger partial charge >= 0.3 is 0 Å². The van der Waals surface area contributed by atoms with E-state index >= 15 is 0 Å². The lowest BCUT2D eigenvalue weighted by molar-refractivity contribution is -0.0316. The number of nitrogens with zero attached hydrogens (tertiary/aromatic N) is 1. The third-order valence-electron chi connectivity index (χ3n) is 5.17. The van der Waals surface area contributed by atoms with Crippen molar-refractivity contribution in [2.45, 2.75) is 37.7 Å². The van der Waals surface area contributed by atoms with E-state index in [2.05, 4.69) is 0 Å². The van der Waals surface area contributed by atoms with Gasteiger partial charge in [-0.2, -0.15) is 8.42 Å². The van der Waals surface area contributed by atoms with Gasteiger partial charge in [-0.1, -0.05) is 44.2 Å². The number of benzene rings is 2. The molecule has 2 N–H and O–H groups in total. The molecule has 0 saturated heterocycles. The van der Waals surface area contributed by atoms with E-state index in [0.717, 1.165) is 16.7 Å². The molecule has 2 aromatic carbocycles. The van der Waals surface area contributed by atoms with E-state index in [-0.39, 0.29) is 16.4 Å². The maximum atomic E-state index is 12.0. The predicted molar refractivity (Wildman–Crippen MR) is 108 cm³/mol. The van der Waals surface area contributed by atoms with Crippen LogP contribution in [-0.2, 0) is 15.7 Å². The zero-order valence-electron chi connectivity index (χ0n) is 16.6. The molecule has 0 heterocycles. The molecule has 27 heavy (non-hydrogen) atoms. The Morgan fingerprint density at radius 1 is 1.15 bits per heavy atom. The normalized spacial score (nSPS) is 15.6. The summed E-state index contributed by atoms with van der Waals surface area (Å²) in [5, 5.41) is 11.5. The molecule has 2 atom stereocenters. The van der Waals surface area contributed by atoms with Crippen LogP contribution >= 0.6 is 0 Å². The zero-order valence-corrected chi connectivity index (χ0v) is 17.4. The maximum absolute atomic E-state index is 12.0. The lowest BCUT2D eigenvalue weighted by Gasteiger charge is -2.36. The topological polar surface area (TPSA) is 77.8 Å². The molecule has 0 spiro atoms. The molecular formula is C21H29NO4S. The Balaban J connectivity index is 2.74. The molecular weight excluding hydrogens is 362 g/mol. The fourth-order valence-corrected chi connectivity index (χ4v) is 4.41. The van der Waals surface area contributed by atoms with Crippen molar-refractivity contribution in [1.82, 2.24) is 4.90 Å². The lowest BCUT2D eigenvalue weighted by atomic mass is 9.79. The standard InChI is InChI=1S/C21H29NO4S/c1-6-21(23,16(3)14-22(4)5)19-13-17(11-12-20(19)27(24,25)26)18-10-8-7-9-15(18)2/h7-13,16,23H,6,14H2,1-5H3,(H,24,25,26). The molecule has 2 rings (SSSR count). The van der Waals surface area contributed by atoms with Gasteiger partial charge in [0.05, 0.1) is 10.5 Å². The van der Waals surface area contributed by atoms with E-state index in [0.29, 0.717) is 13.0 Å². The van der Waals surface area contributed by atoms with E-state index in [4.69, 9.17) is 0 Å². The molecule has 0 aliphatic rings. The zero-order chi connectivity index (χ0) is 20.4. The van der Waals surface area contributed by atoms with Crippen molar-refractivity contribution in [2.75, 3.05) is 20.6 Å². The van der Waals surface area contributed by atoms with E-state index in [1.165, 1.54) is 6.07 Å². The highest BCUT2D eigenvalue weighted by Gasteiger charge is 2.38. The Bertz CT molecular complexity index is 908. The van der Waals surface area contributed by atoms with Crippen LogP contribution < -0.4 is 0 Å². The van der Waals surface area contributed by atoms with E-state index in [1.807, 2.05) is 64.0 Å². The Morgan fingerprint density at radius 3 is 2.30 bits per heavy atom. The first-order chi connectivity index (χ1) is 12.5. The summed E-state index contributed by atoms with van der Waals surface area (Å²) < 4.78 is 33.8. The molecule has 0 bridgehead atoms. The van der Waals surface area contributed by atoms with Crippen molar-refractivity contribution in [3.8, 4) is 11.1 Å². The molecule has 0 aromatic heterocycles. The molecule has 148 valence electrons. The van der Waals surface area contributed by atoms with Crippen molar-refractivity contribution < 1.29 is 18.1 Å². The fourth-order valence-electron chi connectivity index (χ4n) is 3.66. The van der Waals surface area contributed by atoms with E-state index in [1.54, 1.807) is 12.1 Å². The quantitative estimate of drug-likeness (QED) is 0.704. The van der Waals surface area contributed by atoms with Crippen LogP contribution in [0.1, 0.15) is 31.4 Å². The first-order valence-electron chi connectivity index (χ1n) is 9.05. The lowest BCUT2D eigenvalue weighted by Crippen LogP contribution is -2.39. The number of hydrogen-bond acceptors (Lipinski definition) is 4. The average molecular weight is 392 g/mol. The largest absolute Gasteiger partial charge is 0.385 e. The van der Waals surface area contributed by atoms with Gasteiger partial charge in [0.1, 0.15) is 0 Å². The maximum Gasteiger partial charge on any atom is 0.294 e. The average Bonchev–Trinajstić information content (AvgIpc) is 2.59. The molecule has 0 aliphatic carbocycles. The van der Waals surface area contributed by atoms with Gasteiger partial charge in [-0.25, -0.2) is 0 Å². The minimum Gasteiger partial charge on any atom is -0.385 e. The van der Waals surface area contributed by atoms with Gasteiger partial charge in [0.15, 0.2) is 0 Å². The molecule has 0 radical (unpaired) electrons. The summed E-state index contributed by atoms with van der Waals surface area (Å²) in [5.41, 5.74) is 1.65. The Hall–Kier alpha value is -1.73. The van der Waals surface area contributed by atoms with Gasteiger partial charge in [-0.15, -0.1) is 0 Å². The summed E-state index contributed by atoms with van der Waals surface area (Å²) >= 11 is 0. The first-order valence-corrected chi connectivity index (χ1v) is 10.5. The van der Waals surface area contributed by atoms with Crippen molar-refractivity contribution in [1.29, 1.82) is 0 Å². The van der Waals surface area contributed by atoms with Crippen LogP contribution in [0.5, 0.6) is 0 Å². The molecule has 0 fully saturated rings. The Kier molecular flexibility index (Phi) is 6.47. The van der Waals surface area contributed by atoms with Crippen LogP contribution in [-0.4, -0.2) is 43.6 Å². The number of hydrogen-bond donors (Lipinski definition) is 2. The molecule has 6 heteroatoms. The monoisotopic (exact) mass is 391 g/mol. The number of aliphatic hydroxyl groups is 1. The Labute approximate surface area is 162 Å². The van der Waals surface area contributed by atoms with Gasteiger partial charge in [0.25, 0.3) is 10.1 Å². The smallest absolute Gasteiger partial charge is 0.294 e.